The zero-order valence-electron chi connectivity index (χ0n) is 11.3. The van der Waals surface area contributed by atoms with Gasteiger partial charge in [0.1, 0.15) is 0 Å². The van der Waals surface area contributed by atoms with E-state index in [2.05, 4.69) is 59.2 Å². The molecule has 0 saturated heterocycles. The summed E-state index contributed by atoms with van der Waals surface area (Å²) in [6.07, 6.45) is 0. The van der Waals surface area contributed by atoms with Crippen LogP contribution in [0.4, 0.5) is 0 Å². The average molecular weight is 280 g/mol. The first-order chi connectivity index (χ1) is 8.95. The summed E-state index contributed by atoms with van der Waals surface area (Å²) in [4.78, 5) is 0. The molecule has 0 bridgehead atoms. The molecule has 0 aliphatic carbocycles. The van der Waals surface area contributed by atoms with Gasteiger partial charge in [0, 0.05) is 63.9 Å². The summed E-state index contributed by atoms with van der Waals surface area (Å²) in [5, 5.41) is 6.85. The normalized spacial score (nSPS) is 9.89. The molecule has 0 unspecified atom stereocenters. The maximum absolute atomic E-state index is 3.43. The van der Waals surface area contributed by atoms with Crippen LogP contribution in [0.5, 0.6) is 0 Å². The van der Waals surface area contributed by atoms with E-state index >= 15 is 0 Å². The maximum atomic E-state index is 3.43. The molecule has 2 N–H and O–H groups in total. The molecule has 19 heavy (non-hydrogen) atoms. The Bertz CT molecular complexity index is 388. The van der Waals surface area contributed by atoms with E-state index in [9.17, 15) is 0 Å². The third kappa shape index (κ3) is 7.09. The van der Waals surface area contributed by atoms with E-state index in [0.29, 0.717) is 0 Å². The van der Waals surface area contributed by atoms with Crippen molar-refractivity contribution in [3.63, 3.8) is 0 Å². The van der Waals surface area contributed by atoms with Crippen LogP contribution < -0.4 is 10.6 Å². The van der Waals surface area contributed by atoms with E-state index in [1.165, 1.54) is 11.1 Å². The van der Waals surface area contributed by atoms with E-state index in [0.717, 1.165) is 26.2 Å². The van der Waals surface area contributed by atoms with Crippen molar-refractivity contribution in [1.29, 1.82) is 0 Å². The van der Waals surface area contributed by atoms with Crippen molar-refractivity contribution in [2.45, 2.75) is 13.1 Å². The van der Waals surface area contributed by atoms with Gasteiger partial charge in [-0.05, 0) is 11.1 Å². The summed E-state index contributed by atoms with van der Waals surface area (Å²) >= 11 is 0. The molecular weight excluding hydrogens is 260 g/mol. The second-order valence-corrected chi connectivity index (χ2v) is 4.32. The zero-order chi connectivity index (χ0) is 12.5. The molecule has 3 heteroatoms. The van der Waals surface area contributed by atoms with E-state index < -0.39 is 0 Å². The molecule has 96 valence electrons. The second kappa shape index (κ2) is 10.4. The summed E-state index contributed by atoms with van der Waals surface area (Å²) in [6, 6.07) is 21.0. The Kier molecular flexibility index (Phi) is 9.14. The summed E-state index contributed by atoms with van der Waals surface area (Å²) in [5.74, 6) is 0. The molecule has 2 aromatic carbocycles. The molecule has 0 aliphatic heterocycles. The summed E-state index contributed by atoms with van der Waals surface area (Å²) in [5.41, 5.74) is 2.67. The van der Waals surface area contributed by atoms with Gasteiger partial charge in [-0.1, -0.05) is 60.7 Å². The van der Waals surface area contributed by atoms with Gasteiger partial charge < -0.3 is 10.6 Å². The van der Waals surface area contributed by atoms with Crippen LogP contribution >= 0.6 is 0 Å². The summed E-state index contributed by atoms with van der Waals surface area (Å²) in [6.45, 7) is 3.85. The Labute approximate surface area is 145 Å². The van der Waals surface area contributed by atoms with Crippen LogP contribution in [0.1, 0.15) is 11.1 Å². The molecule has 0 amide bonds. The number of hydrogen-bond acceptors (Lipinski definition) is 2. The zero-order valence-corrected chi connectivity index (χ0v) is 13.5. The average Bonchev–Trinajstić information content (AvgIpc) is 2.45. The van der Waals surface area contributed by atoms with E-state index in [4.69, 9.17) is 0 Å². The van der Waals surface area contributed by atoms with Gasteiger partial charge in [-0.25, -0.2) is 0 Å². The molecule has 2 radical (unpaired) electrons. The van der Waals surface area contributed by atoms with E-state index in [-0.39, 0.29) is 37.7 Å². The number of hydrogen-bond donors (Lipinski definition) is 2. The number of rotatable bonds is 7. The summed E-state index contributed by atoms with van der Waals surface area (Å²) in [7, 11) is 0. The number of benzene rings is 2. The van der Waals surface area contributed by atoms with Gasteiger partial charge in [-0.2, -0.15) is 0 Å². The fourth-order valence-corrected chi connectivity index (χ4v) is 1.83. The smallest absolute Gasteiger partial charge is 0.0206 e. The molecule has 0 aliphatic rings. The van der Waals surface area contributed by atoms with Crippen molar-refractivity contribution in [3.8, 4) is 0 Å². The molecule has 0 atom stereocenters. The molecular formula is C16H20CaN2. The van der Waals surface area contributed by atoms with Gasteiger partial charge >= 0.3 is 0 Å². The molecule has 0 heterocycles. The molecule has 0 fully saturated rings. The van der Waals surface area contributed by atoms with Crippen molar-refractivity contribution < 1.29 is 0 Å². The maximum Gasteiger partial charge on any atom is 0.0206 e. The Balaban J connectivity index is 0.00000180. The van der Waals surface area contributed by atoms with Crippen molar-refractivity contribution in [1.82, 2.24) is 10.6 Å². The predicted octanol–water partition coefficient (Wildman–Crippen LogP) is 2.19. The first-order valence-corrected chi connectivity index (χ1v) is 6.44. The predicted molar refractivity (Wildman–Crippen MR) is 82.1 cm³/mol. The van der Waals surface area contributed by atoms with Crippen LogP contribution in [0.15, 0.2) is 60.7 Å². The Hall–Kier alpha value is -0.380. The fourth-order valence-electron chi connectivity index (χ4n) is 1.83. The van der Waals surface area contributed by atoms with Crippen LogP contribution in [0.25, 0.3) is 0 Å². The van der Waals surface area contributed by atoms with E-state index in [1.54, 1.807) is 0 Å². The SMILES string of the molecule is [Ca].c1ccc(CNCCNCc2ccccc2)cc1. The largest absolute Gasteiger partial charge is 0.311 e. The van der Waals surface area contributed by atoms with E-state index in [1.807, 2.05) is 12.1 Å². The van der Waals surface area contributed by atoms with Gasteiger partial charge in [0.25, 0.3) is 0 Å². The Morgan fingerprint density at radius 2 is 0.947 bits per heavy atom. The minimum absolute atomic E-state index is 0. The Morgan fingerprint density at radius 3 is 1.32 bits per heavy atom. The second-order valence-electron chi connectivity index (χ2n) is 4.32. The van der Waals surface area contributed by atoms with Gasteiger partial charge in [0.05, 0.1) is 0 Å². The van der Waals surface area contributed by atoms with Crippen molar-refractivity contribution in [2.24, 2.45) is 0 Å². The third-order valence-corrected chi connectivity index (χ3v) is 2.82. The quantitative estimate of drug-likeness (QED) is 0.600. The van der Waals surface area contributed by atoms with Crippen molar-refractivity contribution in [3.05, 3.63) is 71.8 Å². The third-order valence-electron chi connectivity index (χ3n) is 2.82. The Morgan fingerprint density at radius 1 is 0.579 bits per heavy atom. The fraction of sp³-hybridized carbons (Fsp3) is 0.250. The molecule has 0 spiro atoms. The van der Waals surface area contributed by atoms with Gasteiger partial charge in [-0.15, -0.1) is 0 Å². The minimum Gasteiger partial charge on any atom is -0.311 e. The first kappa shape index (κ1) is 16.7. The number of nitrogens with one attached hydrogen (secondary N) is 2. The topological polar surface area (TPSA) is 24.1 Å². The van der Waals surface area contributed by atoms with Gasteiger partial charge in [0.2, 0.25) is 0 Å². The first-order valence-electron chi connectivity index (χ1n) is 6.44. The molecule has 2 aromatic rings. The molecule has 0 saturated carbocycles. The monoisotopic (exact) mass is 280 g/mol. The summed E-state index contributed by atoms with van der Waals surface area (Å²) < 4.78 is 0. The van der Waals surface area contributed by atoms with Crippen LogP contribution in [-0.4, -0.2) is 50.8 Å². The minimum atomic E-state index is 0. The van der Waals surface area contributed by atoms with Crippen LogP contribution in [0, 0.1) is 0 Å². The van der Waals surface area contributed by atoms with Gasteiger partial charge in [0.15, 0.2) is 0 Å². The van der Waals surface area contributed by atoms with Gasteiger partial charge in [-0.3, -0.25) is 0 Å². The molecule has 0 aromatic heterocycles. The van der Waals surface area contributed by atoms with Crippen molar-refractivity contribution >= 4 is 37.7 Å². The molecule has 2 nitrogen and oxygen atoms in total. The van der Waals surface area contributed by atoms with Crippen molar-refractivity contribution in [2.75, 3.05) is 13.1 Å². The molecule has 2 rings (SSSR count). The van der Waals surface area contributed by atoms with Crippen LogP contribution in [0.2, 0.25) is 0 Å². The van der Waals surface area contributed by atoms with Crippen LogP contribution in [0.3, 0.4) is 0 Å². The standard InChI is InChI=1S/C16H20N2.Ca/c1-3-7-15(8-4-1)13-17-11-12-18-14-16-9-5-2-6-10-16;/h1-10,17-18H,11-14H2;. The van der Waals surface area contributed by atoms with Crippen LogP contribution in [-0.2, 0) is 13.1 Å².